The van der Waals surface area contributed by atoms with E-state index < -0.39 is 49.7 Å². The van der Waals surface area contributed by atoms with Crippen molar-refractivity contribution in [2.75, 3.05) is 32.8 Å². The second-order valence-corrected chi connectivity index (χ2v) is 17.4. The Morgan fingerprint density at radius 1 is 0.984 bits per heavy atom. The summed E-state index contributed by atoms with van der Waals surface area (Å²) in [5.41, 5.74) is -2.12. The van der Waals surface area contributed by atoms with Crippen molar-refractivity contribution in [3.8, 4) is 17.6 Å². The van der Waals surface area contributed by atoms with Crippen LogP contribution in [0.25, 0.3) is 11.2 Å². The van der Waals surface area contributed by atoms with Crippen LogP contribution in [0.3, 0.4) is 0 Å². The number of methoxy groups -OCH3 is 2. The third-order valence-electron chi connectivity index (χ3n) is 10.6. The van der Waals surface area contributed by atoms with E-state index in [4.69, 9.17) is 28.0 Å². The summed E-state index contributed by atoms with van der Waals surface area (Å²) < 4.78 is 59.8. The highest BCUT2D eigenvalue weighted by Crippen LogP contribution is 2.54. The topological polar surface area (TPSA) is 175 Å². The van der Waals surface area contributed by atoms with E-state index in [1.807, 2.05) is 111 Å². The van der Waals surface area contributed by atoms with Crippen LogP contribution in [0, 0.1) is 17.2 Å². The van der Waals surface area contributed by atoms with Crippen molar-refractivity contribution in [3.05, 3.63) is 112 Å². The number of alkyl halides is 1. The maximum Gasteiger partial charge on any atom is 0.280 e. The Kier molecular flexibility index (Phi) is 14.8. The lowest BCUT2D eigenvalue weighted by molar-refractivity contribution is -0.118. The molecule has 17 heteroatoms. The number of benzene rings is 3. The number of rotatable bonds is 19. The fraction of sp³-hybridized carbons (Fsp3) is 0.444. The van der Waals surface area contributed by atoms with Gasteiger partial charge in [-0.2, -0.15) is 10.2 Å². The van der Waals surface area contributed by atoms with E-state index in [1.54, 1.807) is 28.1 Å². The van der Waals surface area contributed by atoms with Crippen LogP contribution in [0.15, 0.2) is 90.0 Å². The van der Waals surface area contributed by atoms with Gasteiger partial charge in [-0.25, -0.2) is 14.0 Å². The van der Waals surface area contributed by atoms with E-state index in [-0.39, 0.29) is 54.7 Å². The quantitative estimate of drug-likeness (QED) is 0.0465. The fourth-order valence-corrected chi connectivity index (χ4v) is 9.44. The smallest absolute Gasteiger partial charge is 0.280 e. The van der Waals surface area contributed by atoms with E-state index in [0.717, 1.165) is 16.7 Å². The number of hydrogen-bond donors (Lipinski definition) is 2. The SMILES string of the molecule is COc1ccc(C(OC[C@H]2O[C@@H](n3cnc4c(=O)[nH]c(NC(=O)C(C)C)nc43)[C@](C)(F)[C@@H]2OP(OCCC#N)N(C(C)C)C(C)C)(c2ccccc2)c2ccc(OC)cc2)cc1. The van der Waals surface area contributed by atoms with Gasteiger partial charge in [-0.3, -0.25) is 24.5 Å². The third kappa shape index (κ3) is 9.53. The molecule has 5 atom stereocenters. The van der Waals surface area contributed by atoms with Gasteiger partial charge in [0, 0.05) is 18.0 Å². The van der Waals surface area contributed by atoms with E-state index >= 15 is 4.39 Å². The molecule has 1 saturated heterocycles. The van der Waals surface area contributed by atoms with Crippen LogP contribution in [-0.4, -0.2) is 87.5 Å². The van der Waals surface area contributed by atoms with Gasteiger partial charge < -0.3 is 28.0 Å². The number of H-pyrrole nitrogens is 1. The summed E-state index contributed by atoms with van der Waals surface area (Å²) in [5, 5.41) is 12.0. The highest BCUT2D eigenvalue weighted by Gasteiger charge is 2.59. The number of carbonyl (C=O) groups is 1. The summed E-state index contributed by atoms with van der Waals surface area (Å²) >= 11 is 0. The highest BCUT2D eigenvalue weighted by molar-refractivity contribution is 7.44. The molecule has 3 heterocycles. The first kappa shape index (κ1) is 46.2. The average molecular weight is 872 g/mol. The Bertz CT molecular complexity index is 2310. The van der Waals surface area contributed by atoms with Crippen molar-refractivity contribution >= 4 is 31.5 Å². The summed E-state index contributed by atoms with van der Waals surface area (Å²) in [4.78, 5) is 37.3. The third-order valence-corrected chi connectivity index (χ3v) is 12.7. The van der Waals surface area contributed by atoms with Crippen molar-refractivity contribution in [3.63, 3.8) is 0 Å². The molecule has 2 N–H and O–H groups in total. The molecule has 330 valence electrons. The second kappa shape index (κ2) is 19.8. The minimum atomic E-state index is -2.36. The number of anilines is 1. The number of amides is 1. The Morgan fingerprint density at radius 2 is 1.56 bits per heavy atom. The maximum absolute atomic E-state index is 18.3. The van der Waals surface area contributed by atoms with Gasteiger partial charge in [-0.05, 0) is 75.6 Å². The number of halogens is 1. The van der Waals surface area contributed by atoms with Gasteiger partial charge in [0.25, 0.3) is 14.1 Å². The van der Waals surface area contributed by atoms with Crippen molar-refractivity contribution in [1.29, 1.82) is 5.26 Å². The predicted molar refractivity (Wildman–Crippen MR) is 233 cm³/mol. The molecule has 15 nitrogen and oxygen atoms in total. The molecular formula is C45H55FN7O8P. The lowest BCUT2D eigenvalue weighted by Crippen LogP contribution is -2.45. The molecule has 5 aromatic rings. The Balaban J connectivity index is 1.50. The van der Waals surface area contributed by atoms with Crippen molar-refractivity contribution < 1.29 is 37.2 Å². The van der Waals surface area contributed by atoms with E-state index in [9.17, 15) is 14.9 Å². The molecule has 1 aliphatic heterocycles. The van der Waals surface area contributed by atoms with Gasteiger partial charge in [-0.1, -0.05) is 68.4 Å². The molecule has 0 aliphatic carbocycles. The maximum atomic E-state index is 18.3. The van der Waals surface area contributed by atoms with Crippen LogP contribution in [0.2, 0.25) is 0 Å². The molecule has 3 aromatic carbocycles. The summed E-state index contributed by atoms with van der Waals surface area (Å²) in [6, 6.07) is 26.7. The molecule has 6 rings (SSSR count). The van der Waals surface area contributed by atoms with Crippen LogP contribution in [0.4, 0.5) is 10.3 Å². The zero-order chi connectivity index (χ0) is 44.8. The number of nitrogens with zero attached hydrogens (tertiary/aromatic N) is 5. The lowest BCUT2D eigenvalue weighted by Gasteiger charge is -2.40. The number of ether oxygens (including phenoxy) is 4. The molecule has 0 radical (unpaired) electrons. The van der Waals surface area contributed by atoms with Crippen LogP contribution < -0.4 is 20.3 Å². The zero-order valence-corrected chi connectivity index (χ0v) is 37.4. The molecule has 1 unspecified atom stereocenters. The monoisotopic (exact) mass is 871 g/mol. The van der Waals surface area contributed by atoms with Gasteiger partial charge in [0.2, 0.25) is 11.9 Å². The predicted octanol–water partition coefficient (Wildman–Crippen LogP) is 8.03. The number of nitriles is 1. The van der Waals surface area contributed by atoms with Gasteiger partial charge in [0.15, 0.2) is 23.1 Å². The number of nitrogens with one attached hydrogen (secondary N) is 2. The zero-order valence-electron chi connectivity index (χ0n) is 36.5. The number of aromatic amines is 1. The molecule has 1 fully saturated rings. The standard InChI is InChI=1S/C45H55FN7O8P/c1-28(2)40(54)50-43-49-39-37(41(55)51-43)48-27-52(39)42-44(7,46)38(61-62(59-25-13-24-47)53(29(3)4)30(5)6)36(60-42)26-58-45(31-14-11-10-12-15-31,32-16-20-34(56-8)21-17-32)33-18-22-35(57-9)23-19-33/h10-12,14-23,27-30,36,38,42H,13,25-26H2,1-9H3,(H2,49,50,51,54,55)/t36-,38-,42-,44-,62?/m1/s1. The van der Waals surface area contributed by atoms with Crippen molar-refractivity contribution in [2.24, 2.45) is 5.92 Å². The number of carbonyl (C=O) groups excluding carboxylic acids is 1. The van der Waals surface area contributed by atoms with Crippen LogP contribution >= 0.6 is 8.53 Å². The fourth-order valence-electron chi connectivity index (χ4n) is 7.60. The van der Waals surface area contributed by atoms with Gasteiger partial charge in [0.05, 0.1) is 46.3 Å². The molecule has 1 aliphatic rings. The van der Waals surface area contributed by atoms with E-state index in [2.05, 4.69) is 26.3 Å². The summed E-state index contributed by atoms with van der Waals surface area (Å²) in [6.45, 7) is 12.5. The average Bonchev–Trinajstić information content (AvgIpc) is 3.78. The number of fused-ring (bicyclic) bond motifs is 1. The first-order valence-electron chi connectivity index (χ1n) is 20.5. The number of hydrogen-bond acceptors (Lipinski definition) is 12. The normalized spacial score (nSPS) is 19.7. The van der Waals surface area contributed by atoms with E-state index in [0.29, 0.717) is 11.5 Å². The molecule has 2 aromatic heterocycles. The molecule has 0 saturated carbocycles. The summed E-state index contributed by atoms with van der Waals surface area (Å²) in [5.74, 6) is 0.375. The Labute approximate surface area is 362 Å². The summed E-state index contributed by atoms with van der Waals surface area (Å²) in [7, 11) is 1.20. The first-order valence-corrected chi connectivity index (χ1v) is 21.6. The minimum absolute atomic E-state index is 0.0179. The highest BCUT2D eigenvalue weighted by atomic mass is 31.2. The number of aromatic nitrogens is 4. The van der Waals surface area contributed by atoms with Crippen molar-refractivity contribution in [2.45, 2.75) is 96.7 Å². The lowest BCUT2D eigenvalue weighted by atomic mass is 9.80. The second-order valence-electron chi connectivity index (χ2n) is 15.9. The first-order chi connectivity index (χ1) is 29.7. The van der Waals surface area contributed by atoms with Gasteiger partial charge >= 0.3 is 0 Å². The molecule has 1 amide bonds. The minimum Gasteiger partial charge on any atom is -0.497 e. The largest absolute Gasteiger partial charge is 0.497 e. The molecule has 0 bridgehead atoms. The van der Waals surface area contributed by atoms with Gasteiger partial charge in [-0.15, -0.1) is 0 Å². The Hall–Kier alpha value is -5.27. The van der Waals surface area contributed by atoms with Crippen molar-refractivity contribution in [1.82, 2.24) is 24.2 Å². The molecular weight excluding hydrogens is 817 g/mol. The van der Waals surface area contributed by atoms with Crippen LogP contribution in [0.1, 0.15) is 77.8 Å². The van der Waals surface area contributed by atoms with Gasteiger partial charge in [0.1, 0.15) is 29.3 Å². The van der Waals surface area contributed by atoms with Crippen LogP contribution in [-0.2, 0) is 28.9 Å². The van der Waals surface area contributed by atoms with E-state index in [1.165, 1.54) is 17.8 Å². The summed E-state index contributed by atoms with van der Waals surface area (Å²) in [6.07, 6.45) is -2.58. The molecule has 62 heavy (non-hydrogen) atoms. The Morgan fingerprint density at radius 3 is 2.10 bits per heavy atom. The number of imidazole rings is 1. The molecule has 0 spiro atoms. The van der Waals surface area contributed by atoms with Crippen LogP contribution in [0.5, 0.6) is 11.5 Å².